The molecule has 2 atom stereocenters. The van der Waals surface area contributed by atoms with Crippen molar-refractivity contribution < 1.29 is 13.2 Å². The number of nitrogens with one attached hydrogen (secondary N) is 1. The van der Waals surface area contributed by atoms with E-state index in [-0.39, 0.29) is 4.90 Å². The molecule has 0 aliphatic carbocycles. The monoisotopic (exact) mass is 354 g/mol. The number of hydrogen-bond donors (Lipinski definition) is 1. The van der Waals surface area contributed by atoms with Gasteiger partial charge in [-0.05, 0) is 61.9 Å². The van der Waals surface area contributed by atoms with Gasteiger partial charge in [-0.15, -0.1) is 0 Å². The smallest absolute Gasteiger partial charge is 0.240 e. The van der Waals surface area contributed by atoms with Crippen molar-refractivity contribution in [3.05, 3.63) is 24.3 Å². The first-order valence-electron chi connectivity index (χ1n) is 8.77. The van der Waals surface area contributed by atoms with Crippen molar-refractivity contribution in [2.45, 2.75) is 38.0 Å². The highest BCUT2D eigenvalue weighted by Gasteiger charge is 2.21. The molecule has 1 aliphatic rings. The lowest BCUT2D eigenvalue weighted by molar-refractivity contribution is 0.139. The van der Waals surface area contributed by atoms with Crippen LogP contribution in [0.5, 0.6) is 5.75 Å². The van der Waals surface area contributed by atoms with E-state index in [0.717, 1.165) is 31.2 Å². The summed E-state index contributed by atoms with van der Waals surface area (Å²) in [5.74, 6) is 2.18. The minimum absolute atomic E-state index is 0.280. The molecule has 2 unspecified atom stereocenters. The second-order valence-electron chi connectivity index (χ2n) is 6.99. The summed E-state index contributed by atoms with van der Waals surface area (Å²) in [5.41, 5.74) is 0. The number of ether oxygens (including phenoxy) is 1. The van der Waals surface area contributed by atoms with E-state index in [2.05, 4.69) is 23.5 Å². The van der Waals surface area contributed by atoms with Gasteiger partial charge in [-0.1, -0.05) is 13.8 Å². The molecule has 24 heavy (non-hydrogen) atoms. The van der Waals surface area contributed by atoms with Crippen LogP contribution in [0.15, 0.2) is 29.2 Å². The van der Waals surface area contributed by atoms with Gasteiger partial charge in [-0.2, -0.15) is 0 Å². The van der Waals surface area contributed by atoms with Crippen molar-refractivity contribution in [1.82, 2.24) is 9.62 Å². The molecule has 1 aromatic carbocycles. The zero-order valence-corrected chi connectivity index (χ0v) is 15.8. The average molecular weight is 355 g/mol. The maximum atomic E-state index is 12.2. The van der Waals surface area contributed by atoms with Gasteiger partial charge in [0.1, 0.15) is 5.75 Å². The van der Waals surface area contributed by atoms with Crippen LogP contribution >= 0.6 is 0 Å². The predicted octanol–water partition coefficient (Wildman–Crippen LogP) is 2.73. The molecule has 0 spiro atoms. The van der Waals surface area contributed by atoms with Gasteiger partial charge in [0.05, 0.1) is 12.0 Å². The van der Waals surface area contributed by atoms with E-state index in [0.29, 0.717) is 12.3 Å². The molecule has 5 nitrogen and oxygen atoms in total. The zero-order chi connectivity index (χ0) is 17.6. The highest BCUT2D eigenvalue weighted by atomic mass is 32.2. The van der Waals surface area contributed by atoms with E-state index in [1.807, 2.05) is 0 Å². The number of nitrogens with zero attached hydrogens (tertiary/aromatic N) is 1. The SMILES string of the molecule is COc1ccc(S(=O)(=O)NCCCCN2CC(C)CC(C)C2)cc1. The largest absolute Gasteiger partial charge is 0.497 e. The van der Waals surface area contributed by atoms with E-state index in [9.17, 15) is 8.42 Å². The van der Waals surface area contributed by atoms with Gasteiger partial charge >= 0.3 is 0 Å². The fourth-order valence-electron chi connectivity index (χ4n) is 3.48. The van der Waals surface area contributed by atoms with Crippen molar-refractivity contribution in [3.63, 3.8) is 0 Å². The first-order valence-corrected chi connectivity index (χ1v) is 10.2. The number of sulfonamides is 1. The van der Waals surface area contributed by atoms with Gasteiger partial charge in [0.15, 0.2) is 0 Å². The lowest BCUT2D eigenvalue weighted by Gasteiger charge is -2.34. The molecular formula is C18H30N2O3S. The van der Waals surface area contributed by atoms with Gasteiger partial charge in [0, 0.05) is 19.6 Å². The minimum Gasteiger partial charge on any atom is -0.497 e. The predicted molar refractivity (Wildman–Crippen MR) is 96.8 cm³/mol. The van der Waals surface area contributed by atoms with Crippen LogP contribution in [0.25, 0.3) is 0 Å². The van der Waals surface area contributed by atoms with E-state index in [1.165, 1.54) is 19.5 Å². The summed E-state index contributed by atoms with van der Waals surface area (Å²) in [6, 6.07) is 6.45. The maximum Gasteiger partial charge on any atom is 0.240 e. The van der Waals surface area contributed by atoms with E-state index in [4.69, 9.17) is 4.74 Å². The Labute approximate surface area is 146 Å². The Morgan fingerprint density at radius 1 is 1.12 bits per heavy atom. The number of likely N-dealkylation sites (tertiary alicyclic amines) is 1. The number of benzene rings is 1. The van der Waals surface area contributed by atoms with Crippen LogP contribution in [0.2, 0.25) is 0 Å². The third-order valence-electron chi connectivity index (χ3n) is 4.51. The molecule has 0 aromatic heterocycles. The third-order valence-corrected chi connectivity index (χ3v) is 5.98. The van der Waals surface area contributed by atoms with E-state index in [1.54, 1.807) is 31.4 Å². The average Bonchev–Trinajstić information content (AvgIpc) is 2.53. The fourth-order valence-corrected chi connectivity index (χ4v) is 4.55. The molecule has 1 heterocycles. The summed E-state index contributed by atoms with van der Waals surface area (Å²) in [4.78, 5) is 2.79. The normalized spacial score (nSPS) is 22.5. The molecule has 1 aliphatic heterocycles. The second-order valence-corrected chi connectivity index (χ2v) is 8.75. The van der Waals surface area contributed by atoms with E-state index >= 15 is 0 Å². The van der Waals surface area contributed by atoms with Crippen LogP contribution in [0.1, 0.15) is 33.1 Å². The molecular weight excluding hydrogens is 324 g/mol. The molecule has 2 rings (SSSR count). The van der Waals surface area contributed by atoms with Crippen molar-refractivity contribution in [3.8, 4) is 5.75 Å². The first-order chi connectivity index (χ1) is 11.4. The maximum absolute atomic E-state index is 12.2. The lowest BCUT2D eigenvalue weighted by atomic mass is 9.92. The highest BCUT2D eigenvalue weighted by molar-refractivity contribution is 7.89. The number of hydrogen-bond acceptors (Lipinski definition) is 4. The Kier molecular flexibility index (Phi) is 7.07. The number of methoxy groups -OCH3 is 1. The number of rotatable bonds is 8. The topological polar surface area (TPSA) is 58.6 Å². The van der Waals surface area contributed by atoms with Crippen LogP contribution in [-0.4, -0.2) is 46.6 Å². The highest BCUT2D eigenvalue weighted by Crippen LogP contribution is 2.21. The summed E-state index contributed by atoms with van der Waals surface area (Å²) in [6.45, 7) is 8.49. The second kappa shape index (κ2) is 8.83. The summed E-state index contributed by atoms with van der Waals surface area (Å²) < 4.78 is 32.2. The Bertz CT molecular complexity index is 591. The van der Waals surface area contributed by atoms with Crippen molar-refractivity contribution in [1.29, 1.82) is 0 Å². The van der Waals surface area contributed by atoms with Crippen molar-refractivity contribution in [2.75, 3.05) is 33.3 Å². The molecule has 6 heteroatoms. The summed E-state index contributed by atoms with van der Waals surface area (Å²) in [5, 5.41) is 0. The third kappa shape index (κ3) is 5.76. The van der Waals surface area contributed by atoms with Crippen LogP contribution in [-0.2, 0) is 10.0 Å². The number of unbranched alkanes of at least 4 members (excludes halogenated alkanes) is 1. The van der Waals surface area contributed by atoms with Gasteiger partial charge in [-0.25, -0.2) is 13.1 Å². The van der Waals surface area contributed by atoms with Crippen LogP contribution < -0.4 is 9.46 Å². The molecule has 0 saturated carbocycles. The van der Waals surface area contributed by atoms with Crippen molar-refractivity contribution >= 4 is 10.0 Å². The molecule has 1 fully saturated rings. The van der Waals surface area contributed by atoms with Crippen LogP contribution in [0, 0.1) is 11.8 Å². The lowest BCUT2D eigenvalue weighted by Crippen LogP contribution is -2.39. The number of piperidine rings is 1. The Morgan fingerprint density at radius 3 is 2.33 bits per heavy atom. The summed E-state index contributed by atoms with van der Waals surface area (Å²) in [6.07, 6.45) is 3.19. The quantitative estimate of drug-likeness (QED) is 0.729. The minimum atomic E-state index is -3.43. The van der Waals surface area contributed by atoms with Gasteiger partial charge in [0.2, 0.25) is 10.0 Å². The van der Waals surface area contributed by atoms with Crippen molar-refractivity contribution in [2.24, 2.45) is 11.8 Å². The fraction of sp³-hybridized carbons (Fsp3) is 0.667. The molecule has 1 saturated heterocycles. The Morgan fingerprint density at radius 2 is 1.75 bits per heavy atom. The standard InChI is InChI=1S/C18H30N2O3S/c1-15-12-16(2)14-20(13-15)11-5-4-10-19-24(21,22)18-8-6-17(23-3)7-9-18/h6-9,15-16,19H,4-5,10-14H2,1-3H3. The summed E-state index contributed by atoms with van der Waals surface area (Å²) >= 11 is 0. The zero-order valence-electron chi connectivity index (χ0n) is 15.0. The molecule has 0 radical (unpaired) electrons. The molecule has 0 bridgehead atoms. The molecule has 1 N–H and O–H groups in total. The first kappa shape index (κ1) is 19.2. The molecule has 136 valence electrons. The van der Waals surface area contributed by atoms with Crippen LogP contribution in [0.3, 0.4) is 0 Å². The van der Waals surface area contributed by atoms with Gasteiger partial charge in [-0.3, -0.25) is 0 Å². The van der Waals surface area contributed by atoms with Crippen LogP contribution in [0.4, 0.5) is 0 Å². The Hall–Kier alpha value is -1.11. The molecule has 0 amide bonds. The van der Waals surface area contributed by atoms with E-state index < -0.39 is 10.0 Å². The Balaban J connectivity index is 1.71. The van der Waals surface area contributed by atoms with Gasteiger partial charge in [0.25, 0.3) is 0 Å². The summed E-state index contributed by atoms with van der Waals surface area (Å²) in [7, 11) is -1.87. The molecule has 1 aromatic rings. The van der Waals surface area contributed by atoms with Gasteiger partial charge < -0.3 is 9.64 Å².